The molecule has 2 unspecified atom stereocenters. The van der Waals surface area contributed by atoms with Crippen LogP contribution in [0.15, 0.2) is 45.8 Å². The minimum Gasteiger partial charge on any atom is -0.319 e. The Hall–Kier alpha value is -2.90. The molecule has 3 aliphatic rings. The van der Waals surface area contributed by atoms with Gasteiger partial charge in [0.05, 0.1) is 18.7 Å². The van der Waals surface area contributed by atoms with Crippen LogP contribution in [0.5, 0.6) is 0 Å². The normalized spacial score (nSPS) is 23.5. The first-order chi connectivity index (χ1) is 16.5. The summed E-state index contributed by atoms with van der Waals surface area (Å²) in [5, 5.41) is 3.37. The third kappa shape index (κ3) is 4.55. The number of sulfonamides is 1. The number of amides is 3. The molecular formula is C22H26N6O5S2. The molecule has 0 spiro atoms. The molecule has 2 aliphatic heterocycles. The Bertz CT molecular complexity index is 1410. The van der Waals surface area contributed by atoms with Crippen molar-refractivity contribution in [2.24, 2.45) is 20.0 Å². The average Bonchev–Trinajstić information content (AvgIpc) is 3.16. The molecule has 3 amide bonds. The zero-order chi connectivity index (χ0) is 25.1. The molecule has 0 aromatic carbocycles. The number of carbonyl (C=O) groups excluding carboxylic acids is 2. The number of fused-ring (bicyclic) bond motifs is 1. The number of hydrogen-bond acceptors (Lipinski definition) is 7. The molecular weight excluding hydrogens is 492 g/mol. The second-order valence-electron chi connectivity index (χ2n) is 9.53. The standard InChI is InChI=1S/C22H26N6O5S2/c1-22(5-6-22)24-35(32,33)18-9-16-19(30)27(13-15-10-23-26(3)11-15)21(31)28(20(16)34-18)12-14-4-7-25(2)17(29)8-14/h4,7-11,16,20,24H,5-6,12-13H2,1-3H3. The van der Waals surface area contributed by atoms with Gasteiger partial charge in [-0.2, -0.15) is 5.10 Å². The maximum atomic E-state index is 13.6. The highest BCUT2D eigenvalue weighted by molar-refractivity contribution is 8.18. The minimum absolute atomic E-state index is 0.0126. The van der Waals surface area contributed by atoms with E-state index in [0.717, 1.165) is 29.5 Å². The lowest BCUT2D eigenvalue weighted by atomic mass is 10.0. The molecule has 0 radical (unpaired) electrons. The average molecular weight is 519 g/mol. The van der Waals surface area contributed by atoms with E-state index in [1.807, 2.05) is 6.92 Å². The molecule has 4 heterocycles. The molecule has 35 heavy (non-hydrogen) atoms. The molecule has 5 rings (SSSR count). The van der Waals surface area contributed by atoms with Gasteiger partial charge in [-0.15, -0.1) is 0 Å². The number of aryl methyl sites for hydroxylation is 2. The van der Waals surface area contributed by atoms with Gasteiger partial charge in [0.2, 0.25) is 15.9 Å². The van der Waals surface area contributed by atoms with Crippen molar-refractivity contribution in [1.29, 1.82) is 0 Å². The van der Waals surface area contributed by atoms with Gasteiger partial charge >= 0.3 is 6.03 Å². The number of nitrogens with zero attached hydrogens (tertiary/aromatic N) is 5. The molecule has 2 aromatic heterocycles. The summed E-state index contributed by atoms with van der Waals surface area (Å²) >= 11 is 0.993. The van der Waals surface area contributed by atoms with Gasteiger partial charge in [-0.3, -0.25) is 19.2 Å². The molecule has 13 heteroatoms. The highest BCUT2D eigenvalue weighted by Gasteiger charge is 2.52. The summed E-state index contributed by atoms with van der Waals surface area (Å²) in [5.74, 6) is -1.29. The summed E-state index contributed by atoms with van der Waals surface area (Å²) in [4.78, 5) is 41.7. The molecule has 186 valence electrons. The first-order valence-corrected chi connectivity index (χ1v) is 13.5. The molecule has 1 N–H and O–H groups in total. The summed E-state index contributed by atoms with van der Waals surface area (Å²) in [5.41, 5.74) is 0.571. The van der Waals surface area contributed by atoms with Crippen molar-refractivity contribution in [2.45, 2.75) is 43.8 Å². The van der Waals surface area contributed by atoms with Crippen LogP contribution < -0.4 is 10.3 Å². The molecule has 1 aliphatic carbocycles. The van der Waals surface area contributed by atoms with Crippen molar-refractivity contribution < 1.29 is 18.0 Å². The van der Waals surface area contributed by atoms with Crippen LogP contribution in [-0.4, -0.2) is 55.4 Å². The molecule has 0 bridgehead atoms. The van der Waals surface area contributed by atoms with Crippen molar-refractivity contribution in [1.82, 2.24) is 28.9 Å². The lowest BCUT2D eigenvalue weighted by molar-refractivity contribution is -0.135. The van der Waals surface area contributed by atoms with Crippen molar-refractivity contribution in [3.63, 3.8) is 0 Å². The van der Waals surface area contributed by atoms with Gasteiger partial charge < -0.3 is 9.47 Å². The van der Waals surface area contributed by atoms with Gasteiger partial charge in [0.25, 0.3) is 5.56 Å². The molecule has 2 fully saturated rings. The Morgan fingerprint density at radius 2 is 1.91 bits per heavy atom. The Morgan fingerprint density at radius 1 is 1.17 bits per heavy atom. The fourth-order valence-electron chi connectivity index (χ4n) is 4.19. The third-order valence-electron chi connectivity index (χ3n) is 6.46. The monoisotopic (exact) mass is 518 g/mol. The summed E-state index contributed by atoms with van der Waals surface area (Å²) in [7, 11) is -0.470. The van der Waals surface area contributed by atoms with Gasteiger partial charge in [0.15, 0.2) is 0 Å². The van der Waals surface area contributed by atoms with Gasteiger partial charge in [-0.05, 0) is 37.5 Å². The number of urea groups is 1. The van der Waals surface area contributed by atoms with Crippen LogP contribution in [0.3, 0.4) is 0 Å². The van der Waals surface area contributed by atoms with Crippen molar-refractivity contribution in [2.75, 3.05) is 0 Å². The second-order valence-corrected chi connectivity index (χ2v) is 12.6. The number of thioether (sulfide) groups is 1. The Morgan fingerprint density at radius 3 is 2.54 bits per heavy atom. The van der Waals surface area contributed by atoms with Crippen LogP contribution in [0.2, 0.25) is 0 Å². The number of carbonyl (C=O) groups is 2. The van der Waals surface area contributed by atoms with Gasteiger partial charge in [-0.1, -0.05) is 11.8 Å². The first-order valence-electron chi connectivity index (χ1n) is 11.1. The number of imide groups is 1. The zero-order valence-electron chi connectivity index (χ0n) is 19.5. The molecule has 2 atom stereocenters. The molecule has 2 aromatic rings. The number of pyridine rings is 1. The number of nitrogens with one attached hydrogen (secondary N) is 1. The van der Waals surface area contributed by atoms with Crippen LogP contribution in [0.1, 0.15) is 30.9 Å². The Kier molecular flexibility index (Phi) is 5.68. The van der Waals surface area contributed by atoms with E-state index in [4.69, 9.17) is 0 Å². The SMILES string of the molecule is Cn1cc(CN2C(=O)C3C=C(S(=O)(=O)NC4(C)CC4)SC3N(Cc3ccn(C)c(=O)c3)C2=O)cn1. The van der Waals surface area contributed by atoms with Gasteiger partial charge in [0, 0.05) is 50.2 Å². The minimum atomic E-state index is -3.84. The van der Waals surface area contributed by atoms with Crippen LogP contribution >= 0.6 is 11.8 Å². The van der Waals surface area contributed by atoms with Crippen molar-refractivity contribution >= 4 is 33.7 Å². The lowest BCUT2D eigenvalue weighted by Gasteiger charge is -2.41. The third-order valence-corrected chi connectivity index (χ3v) is 9.99. The molecule has 1 saturated heterocycles. The summed E-state index contributed by atoms with van der Waals surface area (Å²) in [6.45, 7) is 1.91. The summed E-state index contributed by atoms with van der Waals surface area (Å²) in [6.07, 6.45) is 7.86. The summed E-state index contributed by atoms with van der Waals surface area (Å²) < 4.78 is 31.9. The van der Waals surface area contributed by atoms with Gasteiger partial charge in [0.1, 0.15) is 9.61 Å². The highest BCUT2D eigenvalue weighted by atomic mass is 32.3. The van der Waals surface area contributed by atoms with E-state index in [9.17, 15) is 22.8 Å². The van der Waals surface area contributed by atoms with E-state index >= 15 is 0 Å². The number of aromatic nitrogens is 3. The predicted molar refractivity (Wildman–Crippen MR) is 129 cm³/mol. The fourth-order valence-corrected chi connectivity index (χ4v) is 7.49. The van der Waals surface area contributed by atoms with Gasteiger partial charge in [-0.25, -0.2) is 17.9 Å². The zero-order valence-corrected chi connectivity index (χ0v) is 21.2. The Labute approximate surface area is 206 Å². The second kappa shape index (κ2) is 8.35. The Balaban J connectivity index is 1.48. The number of rotatable bonds is 7. The first kappa shape index (κ1) is 23.8. The molecule has 1 saturated carbocycles. The molecule has 11 nitrogen and oxygen atoms in total. The van der Waals surface area contributed by atoms with Crippen LogP contribution in [0.4, 0.5) is 4.79 Å². The van der Waals surface area contributed by atoms with E-state index in [1.54, 1.807) is 43.4 Å². The fraction of sp³-hybridized carbons (Fsp3) is 0.455. The van der Waals surface area contributed by atoms with E-state index < -0.39 is 38.8 Å². The van der Waals surface area contributed by atoms with Crippen molar-refractivity contribution in [3.8, 4) is 0 Å². The number of hydrogen-bond donors (Lipinski definition) is 1. The van der Waals surface area contributed by atoms with E-state index in [1.165, 1.54) is 21.6 Å². The van der Waals surface area contributed by atoms with Crippen LogP contribution in [-0.2, 0) is 42.0 Å². The van der Waals surface area contributed by atoms with Crippen LogP contribution in [0.25, 0.3) is 0 Å². The predicted octanol–water partition coefficient (Wildman–Crippen LogP) is 1.09. The van der Waals surface area contributed by atoms with Crippen LogP contribution in [0, 0.1) is 5.92 Å². The topological polar surface area (TPSA) is 127 Å². The quantitative estimate of drug-likeness (QED) is 0.581. The van der Waals surface area contributed by atoms with Crippen molar-refractivity contribution in [3.05, 3.63) is 62.5 Å². The van der Waals surface area contributed by atoms with E-state index in [2.05, 4.69) is 9.82 Å². The maximum Gasteiger partial charge on any atom is 0.328 e. The van der Waals surface area contributed by atoms with E-state index in [-0.39, 0.29) is 22.9 Å². The largest absolute Gasteiger partial charge is 0.328 e. The lowest BCUT2D eigenvalue weighted by Crippen LogP contribution is -2.58. The smallest absolute Gasteiger partial charge is 0.319 e. The maximum absolute atomic E-state index is 13.6. The van der Waals surface area contributed by atoms with E-state index in [0.29, 0.717) is 11.1 Å². The highest BCUT2D eigenvalue weighted by Crippen LogP contribution is 2.46. The summed E-state index contributed by atoms with van der Waals surface area (Å²) in [6, 6.07) is 2.62.